The Bertz CT molecular complexity index is 1260. The van der Waals surface area contributed by atoms with E-state index in [0.717, 1.165) is 16.7 Å². The van der Waals surface area contributed by atoms with Gasteiger partial charge < -0.3 is 9.26 Å². The Morgan fingerprint density at radius 3 is 2.41 bits per heavy atom. The molecular formula is C25H20Cl2N2O3. The van der Waals surface area contributed by atoms with Crippen molar-refractivity contribution in [2.24, 2.45) is 0 Å². The maximum absolute atomic E-state index is 12.6. The number of aryl methyl sites for hydroxylation is 1. The van der Waals surface area contributed by atoms with Gasteiger partial charge in [-0.2, -0.15) is 0 Å². The molecule has 0 bridgehead atoms. The quantitative estimate of drug-likeness (QED) is 0.324. The highest BCUT2D eigenvalue weighted by Gasteiger charge is 2.21. The van der Waals surface area contributed by atoms with Crippen LogP contribution < -0.4 is 5.32 Å². The smallest absolute Gasteiger partial charge is 0.412 e. The number of carbonyl (C=O) groups excluding carboxylic acids is 1. The zero-order valence-electron chi connectivity index (χ0n) is 17.4. The van der Waals surface area contributed by atoms with Gasteiger partial charge in [0.2, 0.25) is 0 Å². The molecule has 0 aliphatic heterocycles. The lowest BCUT2D eigenvalue weighted by molar-refractivity contribution is 0.121. The van der Waals surface area contributed by atoms with Crippen LogP contribution in [-0.4, -0.2) is 11.2 Å². The van der Waals surface area contributed by atoms with Crippen LogP contribution in [0.25, 0.3) is 22.5 Å². The van der Waals surface area contributed by atoms with Gasteiger partial charge in [-0.25, -0.2) is 4.79 Å². The Labute approximate surface area is 195 Å². The highest BCUT2D eigenvalue weighted by atomic mass is 35.5. The first kappa shape index (κ1) is 21.9. The van der Waals surface area contributed by atoms with Crippen molar-refractivity contribution in [2.75, 3.05) is 5.32 Å². The fraction of sp³-hybridized carbons (Fsp3) is 0.120. The lowest BCUT2D eigenvalue weighted by Gasteiger charge is -2.15. The molecule has 0 saturated carbocycles. The molecule has 0 unspecified atom stereocenters. The Balaban J connectivity index is 1.55. The normalized spacial score (nSPS) is 11.8. The minimum Gasteiger partial charge on any atom is -0.441 e. The van der Waals surface area contributed by atoms with Gasteiger partial charge in [0, 0.05) is 26.7 Å². The number of benzene rings is 3. The molecule has 4 rings (SSSR count). The number of amides is 1. The molecule has 5 nitrogen and oxygen atoms in total. The highest BCUT2D eigenvalue weighted by molar-refractivity contribution is 6.33. The highest BCUT2D eigenvalue weighted by Crippen LogP contribution is 2.36. The van der Waals surface area contributed by atoms with E-state index < -0.39 is 12.2 Å². The van der Waals surface area contributed by atoms with Crippen molar-refractivity contribution in [3.63, 3.8) is 0 Å². The number of hydrogen-bond donors (Lipinski definition) is 1. The third kappa shape index (κ3) is 4.64. The molecule has 1 amide bonds. The molecule has 162 valence electrons. The van der Waals surface area contributed by atoms with Gasteiger partial charge in [0.1, 0.15) is 17.5 Å². The van der Waals surface area contributed by atoms with Crippen molar-refractivity contribution in [2.45, 2.75) is 20.0 Å². The first-order chi connectivity index (χ1) is 15.4. The molecule has 0 spiro atoms. The van der Waals surface area contributed by atoms with E-state index in [-0.39, 0.29) is 0 Å². The van der Waals surface area contributed by atoms with E-state index in [1.807, 2.05) is 60.7 Å². The van der Waals surface area contributed by atoms with Gasteiger partial charge in [-0.3, -0.25) is 5.32 Å². The van der Waals surface area contributed by atoms with Gasteiger partial charge in [-0.05, 0) is 31.5 Å². The van der Waals surface area contributed by atoms with E-state index in [9.17, 15) is 4.79 Å². The van der Waals surface area contributed by atoms with E-state index in [1.165, 1.54) is 0 Å². The Morgan fingerprint density at radius 1 is 0.969 bits per heavy atom. The molecule has 0 fully saturated rings. The summed E-state index contributed by atoms with van der Waals surface area (Å²) in [5.41, 5.74) is 4.25. The number of aromatic nitrogens is 1. The predicted octanol–water partition coefficient (Wildman–Crippen LogP) is 7.93. The minimum atomic E-state index is -0.642. The topological polar surface area (TPSA) is 64.4 Å². The van der Waals surface area contributed by atoms with Crippen molar-refractivity contribution in [3.05, 3.63) is 94.1 Å². The van der Waals surface area contributed by atoms with Crippen molar-refractivity contribution >= 4 is 35.0 Å². The van der Waals surface area contributed by atoms with E-state index in [4.69, 9.17) is 32.5 Å². The van der Waals surface area contributed by atoms with Crippen LogP contribution in [0.3, 0.4) is 0 Å². The van der Waals surface area contributed by atoms with Gasteiger partial charge in [0.15, 0.2) is 5.76 Å². The maximum Gasteiger partial charge on any atom is 0.412 e. The summed E-state index contributed by atoms with van der Waals surface area (Å²) >= 11 is 12.7. The van der Waals surface area contributed by atoms with E-state index in [0.29, 0.717) is 32.8 Å². The van der Waals surface area contributed by atoms with Gasteiger partial charge in [-0.1, -0.05) is 89.0 Å². The average Bonchev–Trinajstić information content (AvgIpc) is 3.14. The van der Waals surface area contributed by atoms with Crippen LogP contribution in [-0.2, 0) is 4.74 Å². The number of anilines is 1. The standard InChI is InChI=1S/C25H20Cl2N2O3/c1-15-23(28-25(30)31-16(2)19-10-6-7-11-21(19)26)24(32-29-15)18-12-13-20(22(27)14-18)17-8-4-3-5-9-17/h3-14,16H,1-2H3,(H,28,30)/t16-/m1/s1. The van der Waals surface area contributed by atoms with Crippen LogP contribution in [0.2, 0.25) is 10.0 Å². The first-order valence-electron chi connectivity index (χ1n) is 9.97. The first-order valence-corrected chi connectivity index (χ1v) is 10.7. The van der Waals surface area contributed by atoms with E-state index in [1.54, 1.807) is 26.0 Å². The van der Waals surface area contributed by atoms with Crippen molar-refractivity contribution in [3.8, 4) is 22.5 Å². The Hall–Kier alpha value is -3.28. The third-order valence-corrected chi connectivity index (χ3v) is 5.69. The molecule has 0 saturated heterocycles. The number of nitrogens with one attached hydrogen (secondary N) is 1. The Morgan fingerprint density at radius 2 is 1.69 bits per heavy atom. The van der Waals surface area contributed by atoms with Crippen LogP contribution in [0.15, 0.2) is 77.3 Å². The average molecular weight is 467 g/mol. The number of ether oxygens (including phenoxy) is 1. The van der Waals surface area contributed by atoms with Crippen LogP contribution in [0.5, 0.6) is 0 Å². The summed E-state index contributed by atoms with van der Waals surface area (Å²) in [4.78, 5) is 12.6. The summed E-state index contributed by atoms with van der Waals surface area (Å²) in [6.45, 7) is 3.49. The molecule has 0 radical (unpaired) electrons. The second-order valence-corrected chi connectivity index (χ2v) is 8.04. The lowest BCUT2D eigenvalue weighted by Crippen LogP contribution is -2.17. The van der Waals surface area contributed by atoms with Crippen molar-refractivity contribution in [1.82, 2.24) is 5.16 Å². The van der Waals surface area contributed by atoms with E-state index >= 15 is 0 Å². The van der Waals surface area contributed by atoms with Crippen molar-refractivity contribution < 1.29 is 14.1 Å². The molecule has 1 N–H and O–H groups in total. The second-order valence-electron chi connectivity index (χ2n) is 7.23. The summed E-state index contributed by atoms with van der Waals surface area (Å²) in [6.07, 6.45) is -1.18. The number of halogens is 2. The summed E-state index contributed by atoms with van der Waals surface area (Å²) in [5.74, 6) is 0.395. The zero-order chi connectivity index (χ0) is 22.7. The van der Waals surface area contributed by atoms with Gasteiger partial charge in [-0.15, -0.1) is 0 Å². The van der Waals surface area contributed by atoms with Gasteiger partial charge >= 0.3 is 6.09 Å². The van der Waals surface area contributed by atoms with Gasteiger partial charge in [0.25, 0.3) is 0 Å². The molecule has 32 heavy (non-hydrogen) atoms. The van der Waals surface area contributed by atoms with Crippen LogP contribution in [0.1, 0.15) is 24.3 Å². The maximum atomic E-state index is 12.6. The monoisotopic (exact) mass is 466 g/mol. The molecule has 1 heterocycles. The molecule has 1 atom stereocenters. The Kier molecular flexibility index (Phi) is 6.49. The van der Waals surface area contributed by atoms with Crippen molar-refractivity contribution in [1.29, 1.82) is 0 Å². The summed E-state index contributed by atoms with van der Waals surface area (Å²) in [7, 11) is 0. The molecule has 3 aromatic carbocycles. The molecular weight excluding hydrogens is 447 g/mol. The van der Waals surface area contributed by atoms with Crippen LogP contribution in [0, 0.1) is 6.92 Å². The fourth-order valence-corrected chi connectivity index (χ4v) is 3.96. The molecule has 0 aliphatic carbocycles. The summed E-state index contributed by atoms with van der Waals surface area (Å²) < 4.78 is 11.0. The SMILES string of the molecule is Cc1noc(-c2ccc(-c3ccccc3)c(Cl)c2)c1NC(=O)O[C@H](C)c1ccccc1Cl. The molecule has 0 aliphatic rings. The molecule has 4 aromatic rings. The zero-order valence-corrected chi connectivity index (χ0v) is 18.9. The lowest BCUT2D eigenvalue weighted by atomic mass is 10.0. The number of carbonyl (C=O) groups is 1. The van der Waals surface area contributed by atoms with Gasteiger partial charge in [0.05, 0.1) is 0 Å². The fourth-order valence-electron chi connectivity index (χ4n) is 3.38. The largest absolute Gasteiger partial charge is 0.441 e. The summed E-state index contributed by atoms with van der Waals surface area (Å²) in [5, 5.41) is 7.83. The van der Waals surface area contributed by atoms with Crippen LogP contribution >= 0.6 is 23.2 Å². The van der Waals surface area contributed by atoms with E-state index in [2.05, 4.69) is 10.5 Å². The van der Waals surface area contributed by atoms with Crippen LogP contribution in [0.4, 0.5) is 10.5 Å². The molecule has 7 heteroatoms. The number of rotatable bonds is 5. The third-order valence-electron chi connectivity index (χ3n) is 5.03. The number of nitrogens with zero attached hydrogens (tertiary/aromatic N) is 1. The molecule has 1 aromatic heterocycles. The number of hydrogen-bond acceptors (Lipinski definition) is 4. The minimum absolute atomic E-state index is 0.395. The predicted molar refractivity (Wildman–Crippen MR) is 127 cm³/mol. The second kappa shape index (κ2) is 9.47. The summed E-state index contributed by atoms with van der Waals surface area (Å²) in [6, 6.07) is 22.6.